The van der Waals surface area contributed by atoms with Crippen LogP contribution in [0.5, 0.6) is 0 Å². The molecular formula is C20H22ClN4O2+. The van der Waals surface area contributed by atoms with E-state index in [0.29, 0.717) is 42.3 Å². The molecule has 0 radical (unpaired) electrons. The number of anilines is 2. The molecule has 0 aliphatic carbocycles. The van der Waals surface area contributed by atoms with E-state index in [-0.39, 0.29) is 11.8 Å². The van der Waals surface area contributed by atoms with Gasteiger partial charge < -0.3 is 14.7 Å². The van der Waals surface area contributed by atoms with E-state index in [2.05, 4.69) is 9.88 Å². The minimum atomic E-state index is -0.0133. The van der Waals surface area contributed by atoms with Crippen LogP contribution >= 0.6 is 11.6 Å². The average molecular weight is 386 g/mol. The van der Waals surface area contributed by atoms with Gasteiger partial charge in [-0.05, 0) is 24.6 Å². The molecule has 3 heterocycles. The maximum atomic E-state index is 13.0. The third kappa shape index (κ3) is 3.62. The van der Waals surface area contributed by atoms with E-state index in [1.807, 2.05) is 29.4 Å². The van der Waals surface area contributed by atoms with Crippen LogP contribution in [0, 0.1) is 0 Å². The summed E-state index contributed by atoms with van der Waals surface area (Å²) in [5, 5.41) is 0.507. The van der Waals surface area contributed by atoms with Gasteiger partial charge in [0.15, 0.2) is 12.4 Å². The second kappa shape index (κ2) is 7.56. The number of nitrogens with zero attached hydrogens (tertiary/aromatic N) is 3. The Balaban J connectivity index is 1.47. The molecular weight excluding hydrogens is 364 g/mol. The zero-order valence-corrected chi connectivity index (χ0v) is 15.8. The lowest BCUT2D eigenvalue weighted by Crippen LogP contribution is -2.48. The van der Waals surface area contributed by atoms with E-state index in [9.17, 15) is 9.59 Å². The molecule has 2 aliphatic heterocycles. The highest BCUT2D eigenvalue weighted by Gasteiger charge is 2.26. The molecule has 1 aromatic carbocycles. The van der Waals surface area contributed by atoms with Crippen molar-refractivity contribution in [2.24, 2.45) is 0 Å². The van der Waals surface area contributed by atoms with Crippen LogP contribution in [0.3, 0.4) is 0 Å². The SMILES string of the molecule is O=C(c1ccc(Cl)c(N2CCCC2=O)c1)N1CCN(c2cc[nH+]cc2)CC1. The molecule has 2 amide bonds. The molecule has 7 heteroatoms. The molecule has 2 saturated heterocycles. The van der Waals surface area contributed by atoms with E-state index in [1.54, 1.807) is 23.1 Å². The van der Waals surface area contributed by atoms with Crippen LogP contribution in [0.2, 0.25) is 5.02 Å². The summed E-state index contributed by atoms with van der Waals surface area (Å²) in [6.45, 7) is 3.57. The Morgan fingerprint density at radius 1 is 1.00 bits per heavy atom. The van der Waals surface area contributed by atoms with E-state index in [1.165, 1.54) is 0 Å². The minimum absolute atomic E-state index is 0.0133. The molecule has 2 fully saturated rings. The van der Waals surface area contributed by atoms with Gasteiger partial charge in [-0.25, -0.2) is 4.98 Å². The number of piperazine rings is 1. The maximum absolute atomic E-state index is 13.0. The first kappa shape index (κ1) is 17.8. The number of carbonyl (C=O) groups is 2. The van der Waals surface area contributed by atoms with E-state index in [0.717, 1.165) is 25.2 Å². The van der Waals surface area contributed by atoms with Gasteiger partial charge in [0.1, 0.15) is 0 Å². The van der Waals surface area contributed by atoms with Crippen molar-refractivity contribution >= 4 is 34.8 Å². The second-order valence-electron chi connectivity index (χ2n) is 6.85. The van der Waals surface area contributed by atoms with Gasteiger partial charge in [-0.15, -0.1) is 0 Å². The summed E-state index contributed by atoms with van der Waals surface area (Å²) in [4.78, 5) is 33.9. The topological polar surface area (TPSA) is 58.0 Å². The number of nitrogens with one attached hydrogen (secondary N) is 1. The summed E-state index contributed by atoms with van der Waals surface area (Å²) in [5.74, 6) is 0.0517. The second-order valence-corrected chi connectivity index (χ2v) is 7.26. The van der Waals surface area contributed by atoms with Gasteiger partial charge in [0, 0.05) is 62.5 Å². The van der Waals surface area contributed by atoms with Crippen molar-refractivity contribution in [3.63, 3.8) is 0 Å². The van der Waals surface area contributed by atoms with Crippen LogP contribution in [0.25, 0.3) is 0 Å². The highest BCUT2D eigenvalue weighted by atomic mass is 35.5. The van der Waals surface area contributed by atoms with Gasteiger partial charge in [0.2, 0.25) is 5.91 Å². The highest BCUT2D eigenvalue weighted by molar-refractivity contribution is 6.34. The molecule has 0 bridgehead atoms. The van der Waals surface area contributed by atoms with Gasteiger partial charge >= 0.3 is 0 Å². The molecule has 2 aliphatic rings. The van der Waals surface area contributed by atoms with E-state index in [4.69, 9.17) is 11.6 Å². The van der Waals surface area contributed by atoms with Crippen molar-refractivity contribution in [2.75, 3.05) is 42.5 Å². The number of aromatic nitrogens is 1. The van der Waals surface area contributed by atoms with Crippen molar-refractivity contribution in [1.82, 2.24) is 4.90 Å². The third-order valence-corrected chi connectivity index (χ3v) is 5.51. The number of H-pyrrole nitrogens is 1. The Morgan fingerprint density at radius 3 is 2.41 bits per heavy atom. The first-order chi connectivity index (χ1) is 13.1. The van der Waals surface area contributed by atoms with Crippen molar-refractivity contribution in [1.29, 1.82) is 0 Å². The van der Waals surface area contributed by atoms with Crippen LogP contribution in [0.1, 0.15) is 23.2 Å². The van der Waals surface area contributed by atoms with Crippen molar-refractivity contribution < 1.29 is 14.6 Å². The van der Waals surface area contributed by atoms with Gasteiger partial charge in [-0.2, -0.15) is 0 Å². The Kier molecular flexibility index (Phi) is 4.99. The van der Waals surface area contributed by atoms with Crippen molar-refractivity contribution in [3.05, 3.63) is 53.3 Å². The number of halogens is 1. The molecule has 1 aromatic heterocycles. The zero-order chi connectivity index (χ0) is 18.8. The number of aromatic amines is 1. The van der Waals surface area contributed by atoms with Gasteiger partial charge in [-0.3, -0.25) is 9.59 Å². The van der Waals surface area contributed by atoms with E-state index < -0.39 is 0 Å². The largest absolute Gasteiger partial charge is 0.368 e. The first-order valence-corrected chi connectivity index (χ1v) is 9.61. The number of hydrogen-bond acceptors (Lipinski definition) is 3. The number of hydrogen-bond donors (Lipinski definition) is 0. The molecule has 0 atom stereocenters. The van der Waals surface area contributed by atoms with Crippen molar-refractivity contribution in [3.8, 4) is 0 Å². The fraction of sp³-hybridized carbons (Fsp3) is 0.350. The highest BCUT2D eigenvalue weighted by Crippen LogP contribution is 2.31. The normalized spacial score (nSPS) is 17.5. The number of carbonyl (C=O) groups excluding carboxylic acids is 2. The summed E-state index contributed by atoms with van der Waals surface area (Å²) in [6.07, 6.45) is 5.17. The lowest BCUT2D eigenvalue weighted by atomic mass is 10.1. The summed E-state index contributed by atoms with van der Waals surface area (Å²) < 4.78 is 0. The zero-order valence-electron chi connectivity index (χ0n) is 15.0. The smallest absolute Gasteiger partial charge is 0.254 e. The van der Waals surface area contributed by atoms with Crippen LogP contribution in [0.4, 0.5) is 11.4 Å². The lowest BCUT2D eigenvalue weighted by molar-refractivity contribution is -0.377. The van der Waals surface area contributed by atoms with Crippen LogP contribution in [0.15, 0.2) is 42.7 Å². The summed E-state index contributed by atoms with van der Waals surface area (Å²) >= 11 is 6.29. The summed E-state index contributed by atoms with van der Waals surface area (Å²) in [7, 11) is 0. The Morgan fingerprint density at radius 2 is 1.74 bits per heavy atom. The Hall–Kier alpha value is -2.60. The van der Waals surface area contributed by atoms with Gasteiger partial charge in [0.25, 0.3) is 5.91 Å². The number of rotatable bonds is 3. The molecule has 27 heavy (non-hydrogen) atoms. The molecule has 1 N–H and O–H groups in total. The molecule has 6 nitrogen and oxygen atoms in total. The Labute approximate surface area is 163 Å². The first-order valence-electron chi connectivity index (χ1n) is 9.24. The fourth-order valence-electron chi connectivity index (χ4n) is 3.69. The lowest BCUT2D eigenvalue weighted by Gasteiger charge is -2.36. The standard InChI is InChI=1S/C20H21ClN4O2/c21-17-4-3-15(14-18(17)25-9-1-2-19(25)26)20(27)24-12-10-23(11-13-24)16-5-7-22-8-6-16/h3-8,14H,1-2,9-13H2/p+1. The molecule has 0 spiro atoms. The molecule has 0 unspecified atom stereocenters. The molecule has 140 valence electrons. The molecule has 2 aromatic rings. The van der Waals surface area contributed by atoms with Gasteiger partial charge in [-0.1, -0.05) is 11.6 Å². The number of benzene rings is 1. The summed E-state index contributed by atoms with van der Waals surface area (Å²) in [6, 6.07) is 9.29. The number of amides is 2. The monoisotopic (exact) mass is 385 g/mol. The quantitative estimate of drug-likeness (QED) is 0.814. The Bertz CT molecular complexity index is 850. The molecule has 0 saturated carbocycles. The summed E-state index contributed by atoms with van der Waals surface area (Å²) in [5.41, 5.74) is 2.38. The molecule has 4 rings (SSSR count). The maximum Gasteiger partial charge on any atom is 0.254 e. The third-order valence-electron chi connectivity index (χ3n) is 5.19. The predicted molar refractivity (Wildman–Crippen MR) is 104 cm³/mol. The van der Waals surface area contributed by atoms with Crippen LogP contribution < -0.4 is 14.8 Å². The van der Waals surface area contributed by atoms with E-state index >= 15 is 0 Å². The van der Waals surface area contributed by atoms with Gasteiger partial charge in [0.05, 0.1) is 10.7 Å². The minimum Gasteiger partial charge on any atom is -0.368 e. The van der Waals surface area contributed by atoms with Crippen LogP contribution in [-0.4, -0.2) is 49.4 Å². The average Bonchev–Trinajstić information content (AvgIpc) is 3.14. The van der Waals surface area contributed by atoms with Crippen LogP contribution in [-0.2, 0) is 4.79 Å². The van der Waals surface area contributed by atoms with Crippen molar-refractivity contribution in [2.45, 2.75) is 12.8 Å². The predicted octanol–water partition coefficient (Wildman–Crippen LogP) is 2.24. The number of pyridine rings is 1. The fourth-order valence-corrected chi connectivity index (χ4v) is 3.91.